The molecule has 2 N–H and O–H groups in total. The fourth-order valence-corrected chi connectivity index (χ4v) is 2.91. The number of anilines is 1. The van der Waals surface area contributed by atoms with Gasteiger partial charge in [0.15, 0.2) is 0 Å². The normalized spacial score (nSPS) is 10.3. The van der Waals surface area contributed by atoms with Gasteiger partial charge in [0, 0.05) is 30.1 Å². The molecule has 0 saturated carbocycles. The van der Waals surface area contributed by atoms with Gasteiger partial charge in [-0.15, -0.1) is 11.3 Å². The van der Waals surface area contributed by atoms with Crippen LogP contribution in [0, 0.1) is 0 Å². The Labute approximate surface area is 161 Å². The molecule has 3 rings (SSSR count). The van der Waals surface area contributed by atoms with Crippen LogP contribution in [0.3, 0.4) is 0 Å². The standard InChI is InChI=1S/C20H19N3O3S/c1-14(24)23-17-6-2-15(3-7-17)10-21-20(25)16-4-8-19(9-5-16)26-11-18-12-27-13-22-18/h2-9,12-13H,10-11H2,1H3,(H,21,25)(H,23,24). The van der Waals surface area contributed by atoms with E-state index in [4.69, 9.17) is 4.74 Å². The van der Waals surface area contributed by atoms with Crippen LogP contribution in [0.1, 0.15) is 28.5 Å². The van der Waals surface area contributed by atoms with Crippen molar-refractivity contribution in [2.45, 2.75) is 20.1 Å². The minimum Gasteiger partial charge on any atom is -0.487 e. The number of amides is 2. The summed E-state index contributed by atoms with van der Waals surface area (Å²) in [6, 6.07) is 14.3. The van der Waals surface area contributed by atoms with Crippen LogP contribution in [0.2, 0.25) is 0 Å². The molecule has 0 aliphatic carbocycles. The summed E-state index contributed by atoms with van der Waals surface area (Å²) < 4.78 is 5.64. The van der Waals surface area contributed by atoms with Gasteiger partial charge in [-0.25, -0.2) is 4.98 Å². The van der Waals surface area contributed by atoms with E-state index in [0.717, 1.165) is 16.9 Å². The van der Waals surface area contributed by atoms with Crippen LogP contribution in [0.5, 0.6) is 5.75 Å². The van der Waals surface area contributed by atoms with Gasteiger partial charge < -0.3 is 15.4 Å². The quantitative estimate of drug-likeness (QED) is 0.655. The zero-order chi connectivity index (χ0) is 19.1. The van der Waals surface area contributed by atoms with Crippen LogP contribution in [-0.2, 0) is 17.9 Å². The Kier molecular flexibility index (Phi) is 6.17. The second-order valence-corrected chi connectivity index (χ2v) is 6.57. The maximum Gasteiger partial charge on any atom is 0.251 e. The number of hydrogen-bond donors (Lipinski definition) is 2. The molecule has 138 valence electrons. The molecule has 1 aromatic heterocycles. The summed E-state index contributed by atoms with van der Waals surface area (Å²) in [6.07, 6.45) is 0. The number of hydrogen-bond acceptors (Lipinski definition) is 5. The van der Waals surface area contributed by atoms with Crippen molar-refractivity contribution in [3.8, 4) is 5.75 Å². The number of carbonyl (C=O) groups excluding carboxylic acids is 2. The number of aromatic nitrogens is 1. The molecular formula is C20H19N3O3S. The summed E-state index contributed by atoms with van der Waals surface area (Å²) in [6.45, 7) is 2.27. The minimum atomic E-state index is -0.160. The average Bonchev–Trinajstić information content (AvgIpc) is 3.19. The van der Waals surface area contributed by atoms with E-state index in [-0.39, 0.29) is 11.8 Å². The molecule has 0 aliphatic heterocycles. The molecule has 0 saturated heterocycles. The van der Waals surface area contributed by atoms with E-state index >= 15 is 0 Å². The monoisotopic (exact) mass is 381 g/mol. The first-order valence-electron chi connectivity index (χ1n) is 8.35. The van der Waals surface area contributed by atoms with Crippen molar-refractivity contribution < 1.29 is 14.3 Å². The fourth-order valence-electron chi connectivity index (χ4n) is 2.36. The Morgan fingerprint density at radius 3 is 2.44 bits per heavy atom. The van der Waals surface area contributed by atoms with E-state index in [1.165, 1.54) is 18.3 Å². The molecule has 0 radical (unpaired) electrons. The summed E-state index contributed by atoms with van der Waals surface area (Å²) >= 11 is 1.53. The first-order chi connectivity index (χ1) is 13.1. The van der Waals surface area contributed by atoms with Gasteiger partial charge >= 0.3 is 0 Å². The molecule has 27 heavy (non-hydrogen) atoms. The molecule has 2 aromatic carbocycles. The highest BCUT2D eigenvalue weighted by molar-refractivity contribution is 7.07. The zero-order valence-corrected chi connectivity index (χ0v) is 15.6. The zero-order valence-electron chi connectivity index (χ0n) is 14.8. The number of thiazole rings is 1. The third-order valence-electron chi connectivity index (χ3n) is 3.71. The molecule has 0 spiro atoms. The smallest absolute Gasteiger partial charge is 0.251 e. The van der Waals surface area contributed by atoms with E-state index in [2.05, 4.69) is 15.6 Å². The Morgan fingerprint density at radius 2 is 1.81 bits per heavy atom. The highest BCUT2D eigenvalue weighted by Gasteiger charge is 2.06. The van der Waals surface area contributed by atoms with Crippen LogP contribution in [0.4, 0.5) is 5.69 Å². The van der Waals surface area contributed by atoms with E-state index in [9.17, 15) is 9.59 Å². The topological polar surface area (TPSA) is 80.3 Å². The fraction of sp³-hybridized carbons (Fsp3) is 0.150. The van der Waals surface area contributed by atoms with Crippen LogP contribution in [-0.4, -0.2) is 16.8 Å². The number of carbonyl (C=O) groups is 2. The minimum absolute atomic E-state index is 0.116. The molecule has 0 atom stereocenters. The summed E-state index contributed by atoms with van der Waals surface area (Å²) in [5.41, 5.74) is 4.88. The highest BCUT2D eigenvalue weighted by atomic mass is 32.1. The van der Waals surface area contributed by atoms with E-state index in [0.29, 0.717) is 24.5 Å². The Balaban J connectivity index is 1.49. The van der Waals surface area contributed by atoms with E-state index < -0.39 is 0 Å². The Morgan fingerprint density at radius 1 is 1.07 bits per heavy atom. The van der Waals surface area contributed by atoms with Crippen molar-refractivity contribution in [2.75, 3.05) is 5.32 Å². The van der Waals surface area contributed by atoms with Gasteiger partial charge in [0.2, 0.25) is 5.91 Å². The van der Waals surface area contributed by atoms with Crippen molar-refractivity contribution in [2.24, 2.45) is 0 Å². The predicted molar refractivity (Wildman–Crippen MR) is 105 cm³/mol. The molecule has 0 unspecified atom stereocenters. The molecule has 0 bridgehead atoms. The van der Waals surface area contributed by atoms with Gasteiger partial charge in [-0.05, 0) is 42.0 Å². The predicted octanol–water partition coefficient (Wildman–Crippen LogP) is 3.61. The molecule has 0 fully saturated rings. The summed E-state index contributed by atoms with van der Waals surface area (Å²) in [5, 5.41) is 7.51. The van der Waals surface area contributed by atoms with Crippen LogP contribution in [0.15, 0.2) is 59.4 Å². The van der Waals surface area contributed by atoms with Crippen molar-refractivity contribution in [3.63, 3.8) is 0 Å². The third-order valence-corrected chi connectivity index (χ3v) is 4.35. The summed E-state index contributed by atoms with van der Waals surface area (Å²) in [4.78, 5) is 27.4. The molecule has 1 heterocycles. The Hall–Kier alpha value is -3.19. The number of nitrogens with zero attached hydrogens (tertiary/aromatic N) is 1. The maximum absolute atomic E-state index is 12.3. The maximum atomic E-state index is 12.3. The van der Waals surface area contributed by atoms with Gasteiger partial charge in [0.25, 0.3) is 5.91 Å². The van der Waals surface area contributed by atoms with Crippen LogP contribution < -0.4 is 15.4 Å². The molecule has 3 aromatic rings. The number of rotatable bonds is 7. The lowest BCUT2D eigenvalue weighted by Gasteiger charge is -2.08. The largest absolute Gasteiger partial charge is 0.487 e. The third kappa shape index (κ3) is 5.65. The molecule has 2 amide bonds. The number of nitrogens with one attached hydrogen (secondary N) is 2. The molecule has 0 aliphatic rings. The molecular weight excluding hydrogens is 362 g/mol. The molecule has 6 nitrogen and oxygen atoms in total. The van der Waals surface area contributed by atoms with E-state index in [1.807, 2.05) is 17.5 Å². The SMILES string of the molecule is CC(=O)Nc1ccc(CNC(=O)c2ccc(OCc3cscn3)cc2)cc1. The highest BCUT2D eigenvalue weighted by Crippen LogP contribution is 2.15. The van der Waals surface area contributed by atoms with Crippen LogP contribution in [0.25, 0.3) is 0 Å². The van der Waals surface area contributed by atoms with E-state index in [1.54, 1.807) is 41.9 Å². The van der Waals surface area contributed by atoms with Gasteiger partial charge in [-0.2, -0.15) is 0 Å². The van der Waals surface area contributed by atoms with Gasteiger partial charge in [0.1, 0.15) is 12.4 Å². The first kappa shape index (κ1) is 18.6. The second-order valence-electron chi connectivity index (χ2n) is 5.85. The number of ether oxygens (including phenoxy) is 1. The van der Waals surface area contributed by atoms with Gasteiger partial charge in [-0.3, -0.25) is 9.59 Å². The summed E-state index contributed by atoms with van der Waals surface area (Å²) in [5.74, 6) is 0.412. The average molecular weight is 381 g/mol. The molecule has 7 heteroatoms. The number of benzene rings is 2. The van der Waals surface area contributed by atoms with Gasteiger partial charge in [0.05, 0.1) is 11.2 Å². The van der Waals surface area contributed by atoms with Crippen molar-refractivity contribution in [1.82, 2.24) is 10.3 Å². The lowest BCUT2D eigenvalue weighted by Crippen LogP contribution is -2.22. The summed E-state index contributed by atoms with van der Waals surface area (Å²) in [7, 11) is 0. The lowest BCUT2D eigenvalue weighted by atomic mass is 10.1. The second kappa shape index (κ2) is 8.95. The lowest BCUT2D eigenvalue weighted by molar-refractivity contribution is -0.114. The van der Waals surface area contributed by atoms with Crippen LogP contribution >= 0.6 is 11.3 Å². The van der Waals surface area contributed by atoms with Crippen molar-refractivity contribution in [3.05, 3.63) is 76.2 Å². The Bertz CT molecular complexity index is 891. The first-order valence-corrected chi connectivity index (χ1v) is 9.29. The van der Waals surface area contributed by atoms with Crippen molar-refractivity contribution in [1.29, 1.82) is 0 Å². The van der Waals surface area contributed by atoms with Gasteiger partial charge in [-0.1, -0.05) is 12.1 Å². The van der Waals surface area contributed by atoms with Crippen molar-refractivity contribution >= 4 is 28.8 Å².